The van der Waals surface area contributed by atoms with Crippen molar-refractivity contribution < 1.29 is 9.53 Å². The molecule has 0 saturated heterocycles. The van der Waals surface area contributed by atoms with E-state index in [4.69, 9.17) is 9.72 Å². The van der Waals surface area contributed by atoms with E-state index in [1.165, 1.54) is 5.56 Å². The van der Waals surface area contributed by atoms with Crippen LogP contribution in [0, 0.1) is 0 Å². The first-order valence-corrected chi connectivity index (χ1v) is 10.9. The van der Waals surface area contributed by atoms with Crippen LogP contribution < -0.4 is 10.1 Å². The lowest BCUT2D eigenvalue weighted by molar-refractivity contribution is -0.118. The maximum absolute atomic E-state index is 12.3. The van der Waals surface area contributed by atoms with Crippen LogP contribution in [0.2, 0.25) is 0 Å². The molecule has 1 aromatic heterocycles. The molecule has 162 valence electrons. The molecule has 0 saturated carbocycles. The van der Waals surface area contributed by atoms with E-state index in [0.29, 0.717) is 11.8 Å². The van der Waals surface area contributed by atoms with Gasteiger partial charge in [-0.1, -0.05) is 48.5 Å². The van der Waals surface area contributed by atoms with E-state index in [9.17, 15) is 4.79 Å². The summed E-state index contributed by atoms with van der Waals surface area (Å²) in [6.07, 6.45) is 0. The number of hydrogen-bond acceptors (Lipinski definition) is 4. The summed E-state index contributed by atoms with van der Waals surface area (Å²) in [7, 11) is 0. The van der Waals surface area contributed by atoms with Crippen LogP contribution in [0.5, 0.6) is 5.75 Å². The lowest BCUT2D eigenvalue weighted by Gasteiger charge is -2.33. The molecule has 0 spiro atoms. The Labute approximate surface area is 187 Å². The Morgan fingerprint density at radius 2 is 1.78 bits per heavy atom. The highest BCUT2D eigenvalue weighted by Crippen LogP contribution is 2.28. The highest BCUT2D eigenvalue weighted by Gasteiger charge is 2.24. The van der Waals surface area contributed by atoms with E-state index in [2.05, 4.69) is 52.0 Å². The zero-order valence-corrected chi connectivity index (χ0v) is 18.1. The predicted octanol–water partition coefficient (Wildman–Crippen LogP) is 4.63. The lowest BCUT2D eigenvalue weighted by Crippen LogP contribution is -2.35. The van der Waals surface area contributed by atoms with Crippen LogP contribution >= 0.6 is 0 Å². The number of nitrogens with one attached hydrogen (secondary N) is 1. The standard InChI is InChI=1S/C26H26N4O2/c1-19(20-8-4-2-5-9-20)29-14-15-30-24-13-12-21(16-23(24)28-25(30)17-29)27-26(31)18-32-22-10-6-3-7-11-22/h2-13,16,19H,14-15,17-18H2,1H3,(H,27,31). The molecular weight excluding hydrogens is 400 g/mol. The fraction of sp³-hybridized carbons (Fsp3) is 0.231. The summed E-state index contributed by atoms with van der Waals surface area (Å²) >= 11 is 0. The van der Waals surface area contributed by atoms with Gasteiger partial charge in [-0.05, 0) is 42.8 Å². The van der Waals surface area contributed by atoms with Crippen molar-refractivity contribution in [1.82, 2.24) is 14.5 Å². The average Bonchev–Trinajstić information content (AvgIpc) is 3.20. The fourth-order valence-corrected chi connectivity index (χ4v) is 4.25. The van der Waals surface area contributed by atoms with Gasteiger partial charge in [0.05, 0.1) is 17.6 Å². The number of carbonyl (C=O) groups is 1. The SMILES string of the molecule is CC(c1ccccc1)N1CCn2c(nc3cc(NC(=O)COc4ccccc4)ccc32)C1. The molecule has 4 aromatic rings. The molecule has 0 aliphatic carbocycles. The molecule has 32 heavy (non-hydrogen) atoms. The maximum Gasteiger partial charge on any atom is 0.262 e. The third-order valence-corrected chi connectivity index (χ3v) is 6.01. The first-order chi connectivity index (χ1) is 15.7. The zero-order valence-electron chi connectivity index (χ0n) is 18.1. The number of imidazole rings is 1. The monoisotopic (exact) mass is 426 g/mol. The summed E-state index contributed by atoms with van der Waals surface area (Å²) in [6, 6.07) is 26.2. The normalized spacial score (nSPS) is 14.7. The van der Waals surface area contributed by atoms with Crippen molar-refractivity contribution in [1.29, 1.82) is 0 Å². The molecule has 5 rings (SSSR count). The fourth-order valence-electron chi connectivity index (χ4n) is 4.25. The number of hydrogen-bond donors (Lipinski definition) is 1. The topological polar surface area (TPSA) is 59.4 Å². The van der Waals surface area contributed by atoms with Crippen molar-refractivity contribution in [2.24, 2.45) is 0 Å². The van der Waals surface area contributed by atoms with Crippen molar-refractivity contribution in [3.8, 4) is 5.75 Å². The molecule has 1 aliphatic rings. The molecule has 0 fully saturated rings. The lowest BCUT2D eigenvalue weighted by atomic mass is 10.1. The van der Waals surface area contributed by atoms with Crippen molar-refractivity contribution in [2.45, 2.75) is 26.1 Å². The second-order valence-electron chi connectivity index (χ2n) is 8.09. The molecule has 2 heterocycles. The molecule has 1 aliphatic heterocycles. The van der Waals surface area contributed by atoms with E-state index in [1.807, 2.05) is 48.5 Å². The maximum atomic E-state index is 12.3. The van der Waals surface area contributed by atoms with E-state index < -0.39 is 0 Å². The first-order valence-electron chi connectivity index (χ1n) is 10.9. The molecule has 0 bridgehead atoms. The van der Waals surface area contributed by atoms with E-state index in [-0.39, 0.29) is 12.5 Å². The van der Waals surface area contributed by atoms with Crippen LogP contribution in [0.4, 0.5) is 5.69 Å². The molecule has 6 nitrogen and oxygen atoms in total. The summed E-state index contributed by atoms with van der Waals surface area (Å²) in [5.41, 5.74) is 4.05. The second kappa shape index (κ2) is 8.85. The van der Waals surface area contributed by atoms with Crippen LogP contribution in [0.1, 0.15) is 24.4 Å². The Morgan fingerprint density at radius 1 is 1.03 bits per heavy atom. The Bertz CT molecular complexity index is 1220. The number of benzene rings is 3. The van der Waals surface area contributed by atoms with Gasteiger partial charge in [0.1, 0.15) is 11.6 Å². The van der Waals surface area contributed by atoms with Gasteiger partial charge in [-0.2, -0.15) is 0 Å². The van der Waals surface area contributed by atoms with E-state index in [1.54, 1.807) is 0 Å². The second-order valence-corrected chi connectivity index (χ2v) is 8.09. The Balaban J connectivity index is 1.27. The van der Waals surface area contributed by atoms with Gasteiger partial charge in [-0.3, -0.25) is 9.69 Å². The molecular formula is C26H26N4O2. The molecule has 3 aromatic carbocycles. The highest BCUT2D eigenvalue weighted by molar-refractivity contribution is 5.94. The third kappa shape index (κ3) is 4.22. The minimum atomic E-state index is -0.194. The van der Waals surface area contributed by atoms with Crippen molar-refractivity contribution in [3.05, 3.63) is 90.3 Å². The van der Waals surface area contributed by atoms with Crippen molar-refractivity contribution in [2.75, 3.05) is 18.5 Å². The van der Waals surface area contributed by atoms with Crippen LogP contribution in [-0.4, -0.2) is 33.5 Å². The average molecular weight is 427 g/mol. The van der Waals surface area contributed by atoms with Gasteiger partial charge in [-0.25, -0.2) is 4.98 Å². The van der Waals surface area contributed by atoms with E-state index >= 15 is 0 Å². The number of fused-ring (bicyclic) bond motifs is 3. The molecule has 0 radical (unpaired) electrons. The molecule has 1 N–H and O–H groups in total. The molecule has 1 atom stereocenters. The Morgan fingerprint density at radius 3 is 2.56 bits per heavy atom. The van der Waals surface area contributed by atoms with Gasteiger partial charge in [-0.15, -0.1) is 0 Å². The molecule has 1 amide bonds. The number of amides is 1. The van der Waals surface area contributed by atoms with Crippen LogP contribution in [0.25, 0.3) is 11.0 Å². The number of nitrogens with zero attached hydrogens (tertiary/aromatic N) is 3. The summed E-state index contributed by atoms with van der Waals surface area (Å²) in [5, 5.41) is 2.91. The molecule has 6 heteroatoms. The van der Waals surface area contributed by atoms with Crippen LogP contribution in [0.15, 0.2) is 78.9 Å². The quantitative estimate of drug-likeness (QED) is 0.488. The number of rotatable bonds is 6. The summed E-state index contributed by atoms with van der Waals surface area (Å²) in [4.78, 5) is 19.6. The smallest absolute Gasteiger partial charge is 0.262 e. The Hall–Kier alpha value is -3.64. The number of para-hydroxylation sites is 1. The van der Waals surface area contributed by atoms with Gasteiger partial charge in [0, 0.05) is 24.8 Å². The number of carbonyl (C=O) groups excluding carboxylic acids is 1. The zero-order chi connectivity index (χ0) is 21.9. The highest BCUT2D eigenvalue weighted by atomic mass is 16.5. The van der Waals surface area contributed by atoms with Gasteiger partial charge in [0.15, 0.2) is 6.61 Å². The summed E-state index contributed by atoms with van der Waals surface area (Å²) < 4.78 is 7.81. The molecule has 1 unspecified atom stereocenters. The third-order valence-electron chi connectivity index (χ3n) is 6.01. The van der Waals surface area contributed by atoms with Crippen molar-refractivity contribution >= 4 is 22.6 Å². The Kier molecular flexibility index (Phi) is 5.60. The van der Waals surface area contributed by atoms with Gasteiger partial charge in [0.2, 0.25) is 0 Å². The van der Waals surface area contributed by atoms with Gasteiger partial charge >= 0.3 is 0 Å². The minimum absolute atomic E-state index is 0.0337. The van der Waals surface area contributed by atoms with Gasteiger partial charge < -0.3 is 14.6 Å². The number of anilines is 1. The number of ether oxygens (including phenoxy) is 1. The predicted molar refractivity (Wildman–Crippen MR) is 126 cm³/mol. The number of aromatic nitrogens is 2. The largest absolute Gasteiger partial charge is 0.484 e. The van der Waals surface area contributed by atoms with E-state index in [0.717, 1.165) is 42.2 Å². The summed E-state index contributed by atoms with van der Waals surface area (Å²) in [6.45, 7) is 4.90. The van der Waals surface area contributed by atoms with Crippen LogP contribution in [0.3, 0.4) is 0 Å². The van der Waals surface area contributed by atoms with Crippen molar-refractivity contribution in [3.63, 3.8) is 0 Å². The summed E-state index contributed by atoms with van der Waals surface area (Å²) in [5.74, 6) is 1.54. The van der Waals surface area contributed by atoms with Gasteiger partial charge in [0.25, 0.3) is 5.91 Å². The van der Waals surface area contributed by atoms with Crippen LogP contribution in [-0.2, 0) is 17.9 Å². The first kappa shape index (κ1) is 20.3. The minimum Gasteiger partial charge on any atom is -0.484 e.